The Hall–Kier alpha value is -2.60. The summed E-state index contributed by atoms with van der Waals surface area (Å²) in [7, 11) is 0. The summed E-state index contributed by atoms with van der Waals surface area (Å²) >= 11 is 1.53. The molecular formula is C19H18N4OS. The van der Waals surface area contributed by atoms with Crippen molar-refractivity contribution >= 4 is 17.7 Å². The summed E-state index contributed by atoms with van der Waals surface area (Å²) in [4.78, 5) is 16.9. The van der Waals surface area contributed by atoms with Gasteiger partial charge in [-0.2, -0.15) is 5.10 Å². The molecule has 0 radical (unpaired) electrons. The number of hydrogen-bond acceptors (Lipinski definition) is 4. The van der Waals surface area contributed by atoms with Crippen LogP contribution in [0.5, 0.6) is 0 Å². The van der Waals surface area contributed by atoms with E-state index in [4.69, 9.17) is 0 Å². The minimum absolute atomic E-state index is 0.0181. The van der Waals surface area contributed by atoms with Crippen molar-refractivity contribution < 1.29 is 4.79 Å². The number of thioether (sulfide) groups is 1. The molecule has 2 N–H and O–H groups in total. The summed E-state index contributed by atoms with van der Waals surface area (Å²) in [5.74, 6) is 0.649. The molecule has 3 aromatic rings. The van der Waals surface area contributed by atoms with Crippen LogP contribution in [0.2, 0.25) is 0 Å². The van der Waals surface area contributed by atoms with Crippen LogP contribution in [0.3, 0.4) is 0 Å². The Bertz CT molecular complexity index is 879. The zero-order valence-corrected chi connectivity index (χ0v) is 14.4. The molecule has 4 rings (SSSR count). The number of H-pyrrole nitrogens is 1. The number of nitrogens with one attached hydrogen (secondary N) is 2. The molecule has 0 saturated carbocycles. The number of hydrogen-bond donors (Lipinski definition) is 2. The highest BCUT2D eigenvalue weighted by Crippen LogP contribution is 2.31. The highest BCUT2D eigenvalue weighted by atomic mass is 32.2. The summed E-state index contributed by atoms with van der Waals surface area (Å²) < 4.78 is 0. The highest BCUT2D eigenvalue weighted by molar-refractivity contribution is 7.98. The van der Waals surface area contributed by atoms with Gasteiger partial charge in [-0.25, -0.2) is 4.98 Å². The lowest BCUT2D eigenvalue weighted by molar-refractivity contribution is 0.0936. The molecule has 0 spiro atoms. The third-order valence-electron chi connectivity index (χ3n) is 4.46. The van der Waals surface area contributed by atoms with Crippen molar-refractivity contribution in [2.24, 2.45) is 0 Å². The first-order valence-electron chi connectivity index (χ1n) is 8.26. The topological polar surface area (TPSA) is 70.7 Å². The molecule has 2 aromatic carbocycles. The molecule has 1 aliphatic carbocycles. The Labute approximate surface area is 150 Å². The van der Waals surface area contributed by atoms with Crippen LogP contribution < -0.4 is 5.32 Å². The van der Waals surface area contributed by atoms with Gasteiger partial charge in [-0.1, -0.05) is 54.2 Å². The van der Waals surface area contributed by atoms with E-state index in [2.05, 4.69) is 38.7 Å². The van der Waals surface area contributed by atoms with Gasteiger partial charge in [-0.15, -0.1) is 0 Å². The van der Waals surface area contributed by atoms with Crippen molar-refractivity contribution in [3.63, 3.8) is 0 Å². The van der Waals surface area contributed by atoms with Crippen molar-refractivity contribution in [1.29, 1.82) is 0 Å². The van der Waals surface area contributed by atoms with E-state index in [0.717, 1.165) is 29.1 Å². The van der Waals surface area contributed by atoms with Gasteiger partial charge in [0.25, 0.3) is 5.91 Å². The number of benzene rings is 2. The number of carbonyl (C=O) groups is 1. The van der Waals surface area contributed by atoms with Crippen LogP contribution in [-0.4, -0.2) is 21.1 Å². The molecule has 1 amide bonds. The molecule has 0 fully saturated rings. The number of aromatic amines is 1. The summed E-state index contributed by atoms with van der Waals surface area (Å²) in [6.45, 7) is 0. The van der Waals surface area contributed by atoms with Gasteiger partial charge in [0.15, 0.2) is 5.16 Å². The Morgan fingerprint density at radius 3 is 2.92 bits per heavy atom. The minimum Gasteiger partial charge on any atom is -0.345 e. The Kier molecular flexibility index (Phi) is 4.52. The maximum absolute atomic E-state index is 12.8. The number of amides is 1. The van der Waals surface area contributed by atoms with E-state index in [1.807, 2.05) is 30.3 Å². The standard InChI is InChI=1S/C19H18N4OS/c24-18(22-17-10-9-13-5-1-3-7-15(13)17)16-8-4-2-6-14(16)11-25-19-20-12-21-23-19/h1-8,12,17H,9-11H2,(H,22,24)(H,20,21,23). The van der Waals surface area contributed by atoms with Gasteiger partial charge in [0.1, 0.15) is 6.33 Å². The molecule has 1 atom stereocenters. The molecule has 0 saturated heterocycles. The average molecular weight is 350 g/mol. The SMILES string of the molecule is O=C(NC1CCc2ccccc21)c1ccccc1CSc1ncn[nH]1. The molecule has 25 heavy (non-hydrogen) atoms. The van der Waals surface area contributed by atoms with Gasteiger partial charge in [0, 0.05) is 11.3 Å². The molecule has 0 bridgehead atoms. The third-order valence-corrected chi connectivity index (χ3v) is 5.38. The van der Waals surface area contributed by atoms with Crippen molar-refractivity contribution in [3.8, 4) is 0 Å². The van der Waals surface area contributed by atoms with E-state index in [1.165, 1.54) is 29.2 Å². The van der Waals surface area contributed by atoms with Crippen LogP contribution in [0.25, 0.3) is 0 Å². The normalized spacial score (nSPS) is 15.8. The molecule has 0 aliphatic heterocycles. The van der Waals surface area contributed by atoms with E-state index in [0.29, 0.717) is 5.75 Å². The average Bonchev–Trinajstić information content (AvgIpc) is 3.30. The number of rotatable bonds is 5. The zero-order valence-electron chi connectivity index (χ0n) is 13.6. The number of aryl methyl sites for hydroxylation is 1. The van der Waals surface area contributed by atoms with Gasteiger partial charge in [-0.05, 0) is 35.6 Å². The fourth-order valence-electron chi connectivity index (χ4n) is 3.22. The molecule has 126 valence electrons. The quantitative estimate of drug-likeness (QED) is 0.691. The number of carbonyl (C=O) groups excluding carboxylic acids is 1. The maximum atomic E-state index is 12.8. The van der Waals surface area contributed by atoms with E-state index in [9.17, 15) is 4.79 Å². The summed E-state index contributed by atoms with van der Waals surface area (Å²) in [5, 5.41) is 10.6. The van der Waals surface area contributed by atoms with Crippen LogP contribution >= 0.6 is 11.8 Å². The predicted octanol–water partition coefficient (Wildman–Crippen LogP) is 3.51. The second-order valence-corrected chi connectivity index (χ2v) is 6.96. The second-order valence-electron chi connectivity index (χ2n) is 6.00. The van der Waals surface area contributed by atoms with Crippen molar-refractivity contribution in [2.45, 2.75) is 29.8 Å². The van der Waals surface area contributed by atoms with Crippen molar-refractivity contribution in [2.75, 3.05) is 0 Å². The molecule has 5 nitrogen and oxygen atoms in total. The zero-order chi connectivity index (χ0) is 17.1. The fraction of sp³-hybridized carbons (Fsp3) is 0.211. The van der Waals surface area contributed by atoms with Gasteiger partial charge < -0.3 is 5.32 Å². The predicted molar refractivity (Wildman–Crippen MR) is 97.4 cm³/mol. The molecule has 1 aromatic heterocycles. The number of nitrogens with zero attached hydrogens (tertiary/aromatic N) is 2. The smallest absolute Gasteiger partial charge is 0.252 e. The molecule has 1 heterocycles. The fourth-order valence-corrected chi connectivity index (χ4v) is 4.00. The second kappa shape index (κ2) is 7.11. The lowest BCUT2D eigenvalue weighted by atomic mass is 10.1. The number of aromatic nitrogens is 3. The molecule has 1 aliphatic rings. The van der Waals surface area contributed by atoms with Crippen molar-refractivity contribution in [3.05, 3.63) is 77.1 Å². The van der Waals surface area contributed by atoms with Gasteiger partial charge in [-0.3, -0.25) is 9.89 Å². The van der Waals surface area contributed by atoms with Crippen LogP contribution in [0, 0.1) is 0 Å². The highest BCUT2D eigenvalue weighted by Gasteiger charge is 2.24. The van der Waals surface area contributed by atoms with Crippen LogP contribution in [0.1, 0.15) is 39.5 Å². The Balaban J connectivity index is 1.49. The number of fused-ring (bicyclic) bond motifs is 1. The Morgan fingerprint density at radius 2 is 2.04 bits per heavy atom. The minimum atomic E-state index is -0.0181. The summed E-state index contributed by atoms with van der Waals surface area (Å²) in [5.41, 5.74) is 4.29. The monoisotopic (exact) mass is 350 g/mol. The Morgan fingerprint density at radius 1 is 1.20 bits per heavy atom. The third kappa shape index (κ3) is 3.44. The largest absolute Gasteiger partial charge is 0.345 e. The van der Waals surface area contributed by atoms with Crippen molar-refractivity contribution in [1.82, 2.24) is 20.5 Å². The van der Waals surface area contributed by atoms with Crippen LogP contribution in [-0.2, 0) is 12.2 Å². The molecule has 6 heteroatoms. The molecular weight excluding hydrogens is 332 g/mol. The van der Waals surface area contributed by atoms with Crippen LogP contribution in [0.15, 0.2) is 60.0 Å². The summed E-state index contributed by atoms with van der Waals surface area (Å²) in [6.07, 6.45) is 3.46. The molecule has 1 unspecified atom stereocenters. The lowest BCUT2D eigenvalue weighted by Gasteiger charge is -2.16. The van der Waals surface area contributed by atoms with Gasteiger partial charge >= 0.3 is 0 Å². The maximum Gasteiger partial charge on any atom is 0.252 e. The van der Waals surface area contributed by atoms with Crippen LogP contribution in [0.4, 0.5) is 0 Å². The summed E-state index contributed by atoms with van der Waals surface area (Å²) in [6, 6.07) is 16.2. The van der Waals surface area contributed by atoms with E-state index < -0.39 is 0 Å². The van der Waals surface area contributed by atoms with Gasteiger partial charge in [0.05, 0.1) is 6.04 Å². The van der Waals surface area contributed by atoms with E-state index in [1.54, 1.807) is 0 Å². The first-order valence-corrected chi connectivity index (χ1v) is 9.24. The van der Waals surface area contributed by atoms with Gasteiger partial charge in [0.2, 0.25) is 0 Å². The van der Waals surface area contributed by atoms with E-state index in [-0.39, 0.29) is 11.9 Å². The first kappa shape index (κ1) is 15.9. The lowest BCUT2D eigenvalue weighted by Crippen LogP contribution is -2.27. The first-order chi connectivity index (χ1) is 12.3. The van der Waals surface area contributed by atoms with E-state index >= 15 is 0 Å².